The third-order valence-corrected chi connectivity index (χ3v) is 3.84. The molecule has 5 heteroatoms. The number of unbranched alkanes of at least 4 members (excludes halogenated alkanes) is 7. The third-order valence-electron chi connectivity index (χ3n) is 3.84. The molecule has 0 unspecified atom stereocenters. The number of amides is 1. The second-order valence-electron chi connectivity index (χ2n) is 5.96. The third kappa shape index (κ3) is 7.99. The molecule has 0 bridgehead atoms. The summed E-state index contributed by atoms with van der Waals surface area (Å²) in [5, 5.41) is 21.2. The van der Waals surface area contributed by atoms with Crippen molar-refractivity contribution in [3.8, 4) is 11.5 Å². The van der Waals surface area contributed by atoms with Gasteiger partial charge < -0.3 is 15.5 Å². The summed E-state index contributed by atoms with van der Waals surface area (Å²) >= 11 is 0. The van der Waals surface area contributed by atoms with Crippen LogP contribution in [0, 0.1) is 5.82 Å². The second kappa shape index (κ2) is 11.5. The second-order valence-corrected chi connectivity index (χ2v) is 5.96. The van der Waals surface area contributed by atoms with Crippen molar-refractivity contribution in [1.82, 2.24) is 5.32 Å². The Morgan fingerprint density at radius 1 is 1.04 bits per heavy atom. The number of nitrogens with one attached hydrogen (secondary N) is 1. The minimum Gasteiger partial charge on any atom is -0.504 e. The van der Waals surface area contributed by atoms with Crippen molar-refractivity contribution in [2.75, 3.05) is 6.54 Å². The van der Waals surface area contributed by atoms with Crippen LogP contribution < -0.4 is 5.32 Å². The largest absolute Gasteiger partial charge is 0.504 e. The number of carbonyl (C=O) groups is 1. The topological polar surface area (TPSA) is 69.6 Å². The number of halogens is 1. The van der Waals surface area contributed by atoms with Gasteiger partial charge in [-0.1, -0.05) is 51.9 Å². The fraction of sp³-hybridized carbons (Fsp3) is 0.526. The maximum atomic E-state index is 13.5. The smallest absolute Gasteiger partial charge is 0.244 e. The average molecular weight is 337 g/mol. The molecule has 1 amide bonds. The first kappa shape index (κ1) is 20.0. The molecule has 0 aliphatic heterocycles. The number of benzene rings is 1. The number of rotatable bonds is 11. The Morgan fingerprint density at radius 3 is 2.29 bits per heavy atom. The van der Waals surface area contributed by atoms with Crippen LogP contribution in [0.25, 0.3) is 6.08 Å². The zero-order valence-corrected chi connectivity index (χ0v) is 14.4. The Kier molecular flexibility index (Phi) is 9.58. The van der Waals surface area contributed by atoms with Gasteiger partial charge >= 0.3 is 0 Å². The highest BCUT2D eigenvalue weighted by Gasteiger charge is 2.06. The van der Waals surface area contributed by atoms with Crippen molar-refractivity contribution in [3.63, 3.8) is 0 Å². The Balaban J connectivity index is 2.19. The molecule has 1 rings (SSSR count). The number of aromatic hydroxyl groups is 2. The molecule has 3 N–H and O–H groups in total. The molecule has 0 atom stereocenters. The van der Waals surface area contributed by atoms with Crippen LogP contribution in [-0.2, 0) is 4.79 Å². The van der Waals surface area contributed by atoms with Crippen molar-refractivity contribution in [2.24, 2.45) is 0 Å². The van der Waals surface area contributed by atoms with Gasteiger partial charge in [-0.2, -0.15) is 0 Å². The summed E-state index contributed by atoms with van der Waals surface area (Å²) in [6.07, 6.45) is 12.1. The number of hydrogen-bond acceptors (Lipinski definition) is 3. The molecule has 1 aromatic carbocycles. The lowest BCUT2D eigenvalue weighted by molar-refractivity contribution is -0.116. The van der Waals surface area contributed by atoms with Crippen LogP contribution in [0.5, 0.6) is 11.5 Å². The number of hydrogen-bond donors (Lipinski definition) is 3. The van der Waals surface area contributed by atoms with Crippen LogP contribution in [0.4, 0.5) is 4.39 Å². The number of phenols is 2. The lowest BCUT2D eigenvalue weighted by Crippen LogP contribution is -2.21. The lowest BCUT2D eigenvalue weighted by atomic mass is 10.1. The number of carbonyl (C=O) groups excluding carboxylic acids is 1. The fourth-order valence-corrected chi connectivity index (χ4v) is 2.39. The van der Waals surface area contributed by atoms with Crippen molar-refractivity contribution in [2.45, 2.75) is 58.3 Å². The molecule has 0 aliphatic carbocycles. The molecule has 4 nitrogen and oxygen atoms in total. The lowest BCUT2D eigenvalue weighted by Gasteiger charge is -2.03. The van der Waals surface area contributed by atoms with Gasteiger partial charge in [-0.15, -0.1) is 0 Å². The van der Waals surface area contributed by atoms with Gasteiger partial charge in [0.2, 0.25) is 5.91 Å². The Hall–Kier alpha value is -2.04. The van der Waals surface area contributed by atoms with Crippen LogP contribution in [0.3, 0.4) is 0 Å². The van der Waals surface area contributed by atoms with Crippen LogP contribution in [0.15, 0.2) is 18.2 Å². The summed E-state index contributed by atoms with van der Waals surface area (Å²) in [5.74, 6) is -1.94. The van der Waals surface area contributed by atoms with Gasteiger partial charge in [-0.3, -0.25) is 4.79 Å². The molecule has 134 valence electrons. The highest BCUT2D eigenvalue weighted by Crippen LogP contribution is 2.28. The molecule has 24 heavy (non-hydrogen) atoms. The van der Waals surface area contributed by atoms with Crippen molar-refractivity contribution in [1.29, 1.82) is 0 Å². The Labute approximate surface area is 143 Å². The fourth-order valence-electron chi connectivity index (χ4n) is 2.39. The van der Waals surface area contributed by atoms with E-state index in [4.69, 9.17) is 5.11 Å². The van der Waals surface area contributed by atoms with Gasteiger partial charge in [-0.05, 0) is 18.6 Å². The van der Waals surface area contributed by atoms with Gasteiger partial charge in [0.15, 0.2) is 11.5 Å². The molecule has 0 saturated heterocycles. The predicted molar refractivity (Wildman–Crippen MR) is 94.4 cm³/mol. The van der Waals surface area contributed by atoms with E-state index in [1.807, 2.05) is 0 Å². The van der Waals surface area contributed by atoms with Crippen LogP contribution >= 0.6 is 0 Å². The average Bonchev–Trinajstić information content (AvgIpc) is 2.55. The van der Waals surface area contributed by atoms with Crippen LogP contribution in [0.2, 0.25) is 0 Å². The van der Waals surface area contributed by atoms with Gasteiger partial charge in [0.1, 0.15) is 5.82 Å². The van der Waals surface area contributed by atoms with E-state index in [1.54, 1.807) is 0 Å². The summed E-state index contributed by atoms with van der Waals surface area (Å²) in [4.78, 5) is 11.7. The van der Waals surface area contributed by atoms with Gasteiger partial charge in [0.05, 0.1) is 0 Å². The summed E-state index contributed by atoms with van der Waals surface area (Å²) in [6.45, 7) is 2.80. The van der Waals surface area contributed by atoms with E-state index in [-0.39, 0.29) is 11.5 Å². The molecule has 0 fully saturated rings. The zero-order valence-electron chi connectivity index (χ0n) is 14.4. The van der Waals surface area contributed by atoms with Gasteiger partial charge in [0.25, 0.3) is 0 Å². The van der Waals surface area contributed by atoms with Crippen LogP contribution in [0.1, 0.15) is 63.9 Å². The van der Waals surface area contributed by atoms with Crippen molar-refractivity contribution < 1.29 is 19.4 Å². The molecule has 0 radical (unpaired) electrons. The maximum absolute atomic E-state index is 13.5. The number of phenolic OH excluding ortho intramolecular Hbond substituents is 2. The Bertz CT molecular complexity index is 544. The quantitative estimate of drug-likeness (QED) is 0.316. The first-order chi connectivity index (χ1) is 11.5. The zero-order chi connectivity index (χ0) is 17.8. The highest BCUT2D eigenvalue weighted by molar-refractivity contribution is 5.91. The maximum Gasteiger partial charge on any atom is 0.244 e. The van der Waals surface area contributed by atoms with E-state index in [1.165, 1.54) is 50.7 Å². The van der Waals surface area contributed by atoms with Crippen molar-refractivity contribution in [3.05, 3.63) is 29.6 Å². The standard InChI is InChI=1S/C19H28FNO3/c1-2-3-4-5-6-7-8-9-12-21-19(24)11-10-15-13-17(22)18(23)14-16(15)20/h10-11,13-14,22-23H,2-9,12H2,1H3,(H,21,24)/b11-10+. The monoisotopic (exact) mass is 337 g/mol. The molecule has 0 heterocycles. The van der Waals surface area contributed by atoms with E-state index >= 15 is 0 Å². The minimum absolute atomic E-state index is 0.0486. The first-order valence-corrected chi connectivity index (χ1v) is 8.72. The Morgan fingerprint density at radius 2 is 1.62 bits per heavy atom. The SMILES string of the molecule is CCCCCCCCCCNC(=O)/C=C/c1cc(O)c(O)cc1F. The molecule has 1 aromatic rings. The normalized spacial score (nSPS) is 11.1. The first-order valence-electron chi connectivity index (χ1n) is 8.72. The highest BCUT2D eigenvalue weighted by atomic mass is 19.1. The summed E-state index contributed by atoms with van der Waals surface area (Å²) in [6, 6.07) is 1.89. The molecule has 0 aromatic heterocycles. The van der Waals surface area contributed by atoms with Gasteiger partial charge in [0, 0.05) is 24.3 Å². The molecule has 0 aliphatic rings. The van der Waals surface area contributed by atoms with Crippen LogP contribution in [-0.4, -0.2) is 22.7 Å². The summed E-state index contributed by atoms with van der Waals surface area (Å²) in [7, 11) is 0. The molecule has 0 spiro atoms. The molecular weight excluding hydrogens is 309 g/mol. The van der Waals surface area contributed by atoms with E-state index in [9.17, 15) is 14.3 Å². The van der Waals surface area contributed by atoms with E-state index in [2.05, 4.69) is 12.2 Å². The van der Waals surface area contributed by atoms with Gasteiger partial charge in [-0.25, -0.2) is 4.39 Å². The summed E-state index contributed by atoms with van der Waals surface area (Å²) in [5.41, 5.74) is 0.0486. The van der Waals surface area contributed by atoms with E-state index in [0.717, 1.165) is 25.0 Å². The summed E-state index contributed by atoms with van der Waals surface area (Å²) < 4.78 is 13.5. The molecular formula is C19H28FNO3. The predicted octanol–water partition coefficient (Wildman–Crippen LogP) is 4.51. The van der Waals surface area contributed by atoms with Crippen molar-refractivity contribution >= 4 is 12.0 Å². The minimum atomic E-state index is -0.697. The van der Waals surface area contributed by atoms with E-state index < -0.39 is 17.3 Å². The molecule has 0 saturated carbocycles. The van der Waals surface area contributed by atoms with E-state index in [0.29, 0.717) is 6.54 Å².